The van der Waals surface area contributed by atoms with Gasteiger partial charge in [-0.15, -0.1) is 11.6 Å². The molecule has 1 fully saturated rings. The molecule has 0 aromatic carbocycles. The van der Waals surface area contributed by atoms with Crippen molar-refractivity contribution in [1.82, 2.24) is 9.55 Å². The van der Waals surface area contributed by atoms with Crippen molar-refractivity contribution in [2.24, 2.45) is 0 Å². The van der Waals surface area contributed by atoms with Crippen molar-refractivity contribution in [1.29, 1.82) is 0 Å². The van der Waals surface area contributed by atoms with Gasteiger partial charge in [0.05, 0.1) is 6.10 Å². The molecule has 2 rings (SSSR count). The molecule has 2 unspecified atom stereocenters. The average Bonchev–Trinajstić information content (AvgIpc) is 3.04. The second-order valence-electron chi connectivity index (χ2n) is 4.60. The van der Waals surface area contributed by atoms with E-state index in [0.717, 1.165) is 20.3 Å². The standard InChI is InChI=1S/C12H17FN3O5P.CH3Cl/c1-19-22(18,20-2)9(13)7-8-3-4-11(21-8)16-6-5-10(14)15-12(16)17;1-2/h5-8,11H,3-4H2,1-2H3,(H2,14,15,17);1H3/b9-7-;. The van der Waals surface area contributed by atoms with Crippen LogP contribution in [-0.4, -0.2) is 36.3 Å². The maximum absolute atomic E-state index is 13.9. The highest BCUT2D eigenvalue weighted by molar-refractivity contribution is 7.58. The van der Waals surface area contributed by atoms with Gasteiger partial charge in [0.15, 0.2) is 0 Å². The molecule has 136 valence electrons. The third-order valence-electron chi connectivity index (χ3n) is 3.26. The van der Waals surface area contributed by atoms with Crippen LogP contribution in [0.4, 0.5) is 10.2 Å². The number of rotatable bonds is 5. The SMILES string of the molecule is CCl.COP(=O)(OC)/C(F)=C\C1CCC(n2ccc(N)nc2=O)O1. The quantitative estimate of drug-likeness (QED) is 0.615. The van der Waals surface area contributed by atoms with Crippen molar-refractivity contribution in [2.75, 3.05) is 26.3 Å². The first-order valence-corrected chi connectivity index (χ1v) is 9.17. The lowest BCUT2D eigenvalue weighted by Gasteiger charge is -2.15. The van der Waals surface area contributed by atoms with Gasteiger partial charge >= 0.3 is 13.3 Å². The number of halogens is 2. The number of aromatic nitrogens is 2. The van der Waals surface area contributed by atoms with Crippen LogP contribution in [0.15, 0.2) is 28.7 Å². The van der Waals surface area contributed by atoms with Crippen LogP contribution in [0.25, 0.3) is 0 Å². The number of hydrogen-bond acceptors (Lipinski definition) is 7. The number of anilines is 1. The summed E-state index contributed by atoms with van der Waals surface area (Å²) in [4.78, 5) is 15.3. The fourth-order valence-corrected chi connectivity index (χ4v) is 2.96. The van der Waals surface area contributed by atoms with Crippen LogP contribution in [0.2, 0.25) is 0 Å². The van der Waals surface area contributed by atoms with Crippen molar-refractivity contribution < 1.29 is 22.7 Å². The van der Waals surface area contributed by atoms with Crippen molar-refractivity contribution in [3.63, 3.8) is 0 Å². The van der Waals surface area contributed by atoms with E-state index >= 15 is 0 Å². The lowest BCUT2D eigenvalue weighted by molar-refractivity contribution is 0.0197. The summed E-state index contributed by atoms with van der Waals surface area (Å²) in [6, 6.07) is 1.47. The highest BCUT2D eigenvalue weighted by atomic mass is 35.5. The lowest BCUT2D eigenvalue weighted by Crippen LogP contribution is -2.27. The van der Waals surface area contributed by atoms with E-state index in [1.807, 2.05) is 0 Å². The largest absolute Gasteiger partial charge is 0.388 e. The molecule has 0 spiro atoms. The van der Waals surface area contributed by atoms with Crippen LogP contribution in [0.3, 0.4) is 0 Å². The van der Waals surface area contributed by atoms with E-state index in [0.29, 0.717) is 12.8 Å². The summed E-state index contributed by atoms with van der Waals surface area (Å²) in [6.45, 7) is 0. The van der Waals surface area contributed by atoms with E-state index in [2.05, 4.69) is 25.6 Å². The molecule has 0 amide bonds. The summed E-state index contributed by atoms with van der Waals surface area (Å²) in [5.74, 6) is 0.114. The monoisotopic (exact) mass is 383 g/mol. The third kappa shape index (κ3) is 4.87. The molecule has 2 heterocycles. The summed E-state index contributed by atoms with van der Waals surface area (Å²) >= 11 is 4.64. The summed E-state index contributed by atoms with van der Waals surface area (Å²) in [5.41, 5.74) is 3.85. The number of ether oxygens (including phenoxy) is 1. The zero-order chi connectivity index (χ0) is 18.3. The Morgan fingerprint density at radius 1 is 1.50 bits per heavy atom. The summed E-state index contributed by atoms with van der Waals surface area (Å²) in [7, 11) is -1.73. The van der Waals surface area contributed by atoms with E-state index in [1.165, 1.54) is 23.2 Å². The molecule has 2 N–H and O–H groups in total. The van der Waals surface area contributed by atoms with Gasteiger partial charge in [0.2, 0.25) is 5.57 Å². The molecule has 1 aromatic rings. The van der Waals surface area contributed by atoms with Crippen LogP contribution in [0, 0.1) is 0 Å². The molecular formula is C13H20ClFN3O5P. The second kappa shape index (κ2) is 9.29. The zero-order valence-electron chi connectivity index (χ0n) is 13.5. The Balaban J connectivity index is 0.00000139. The molecule has 24 heavy (non-hydrogen) atoms. The topological polar surface area (TPSA) is 106 Å². The van der Waals surface area contributed by atoms with Gasteiger partial charge in [-0.3, -0.25) is 9.13 Å². The lowest BCUT2D eigenvalue weighted by atomic mass is 10.2. The van der Waals surface area contributed by atoms with Crippen LogP contribution in [-0.2, 0) is 18.3 Å². The molecule has 1 aromatic heterocycles. The average molecular weight is 384 g/mol. The second-order valence-corrected chi connectivity index (χ2v) is 6.75. The van der Waals surface area contributed by atoms with Crippen LogP contribution in [0.1, 0.15) is 19.1 Å². The maximum Gasteiger partial charge on any atom is 0.388 e. The minimum Gasteiger partial charge on any atom is -0.383 e. The summed E-state index contributed by atoms with van der Waals surface area (Å²) < 4.78 is 41.7. The van der Waals surface area contributed by atoms with Gasteiger partial charge in [0, 0.05) is 26.8 Å². The Kier molecular flexibility index (Phi) is 8.05. The van der Waals surface area contributed by atoms with Crippen molar-refractivity contribution in [2.45, 2.75) is 25.2 Å². The normalized spacial score (nSPS) is 21.3. The van der Waals surface area contributed by atoms with Gasteiger partial charge in [-0.1, -0.05) is 0 Å². The van der Waals surface area contributed by atoms with Crippen LogP contribution in [0.5, 0.6) is 0 Å². The maximum atomic E-state index is 13.9. The fraction of sp³-hybridized carbons (Fsp3) is 0.538. The Labute approximate surface area is 143 Å². The van der Waals surface area contributed by atoms with Crippen LogP contribution >= 0.6 is 19.2 Å². The van der Waals surface area contributed by atoms with Gasteiger partial charge in [-0.05, 0) is 25.0 Å². The molecule has 0 aliphatic carbocycles. The Hall–Kier alpha value is -1.25. The van der Waals surface area contributed by atoms with Gasteiger partial charge in [-0.25, -0.2) is 4.79 Å². The molecule has 0 radical (unpaired) electrons. The molecule has 1 saturated heterocycles. The predicted molar refractivity (Wildman–Crippen MR) is 88.6 cm³/mol. The molecular weight excluding hydrogens is 364 g/mol. The first-order chi connectivity index (χ1) is 11.4. The molecule has 1 aliphatic heterocycles. The highest BCUT2D eigenvalue weighted by Gasteiger charge is 2.32. The minimum absolute atomic E-state index is 0.114. The Morgan fingerprint density at radius 2 is 2.12 bits per heavy atom. The first kappa shape index (κ1) is 20.8. The van der Waals surface area contributed by atoms with Crippen molar-refractivity contribution in [3.05, 3.63) is 34.4 Å². The van der Waals surface area contributed by atoms with Gasteiger partial charge in [-0.2, -0.15) is 9.37 Å². The molecule has 2 atom stereocenters. The summed E-state index contributed by atoms with van der Waals surface area (Å²) in [6.07, 6.45) is 3.68. The molecule has 0 saturated carbocycles. The molecule has 8 nitrogen and oxygen atoms in total. The van der Waals surface area contributed by atoms with Gasteiger partial charge in [0.1, 0.15) is 12.0 Å². The number of alkyl halides is 1. The van der Waals surface area contributed by atoms with E-state index in [4.69, 9.17) is 10.5 Å². The van der Waals surface area contributed by atoms with E-state index < -0.39 is 31.2 Å². The predicted octanol–water partition coefficient (Wildman–Crippen LogP) is 2.65. The smallest absolute Gasteiger partial charge is 0.383 e. The number of nitrogens with two attached hydrogens (primary N) is 1. The number of hydrogen-bond donors (Lipinski definition) is 1. The minimum atomic E-state index is -3.92. The van der Waals surface area contributed by atoms with E-state index in [-0.39, 0.29) is 5.82 Å². The number of nitrogen functional groups attached to an aromatic ring is 1. The Morgan fingerprint density at radius 3 is 2.67 bits per heavy atom. The van der Waals surface area contributed by atoms with E-state index in [1.54, 1.807) is 0 Å². The molecule has 11 heteroatoms. The van der Waals surface area contributed by atoms with Crippen molar-refractivity contribution >= 4 is 25.0 Å². The third-order valence-corrected chi connectivity index (χ3v) is 4.89. The molecule has 0 bridgehead atoms. The van der Waals surface area contributed by atoms with Crippen molar-refractivity contribution in [3.8, 4) is 0 Å². The van der Waals surface area contributed by atoms with Gasteiger partial charge < -0.3 is 19.5 Å². The molecule has 1 aliphatic rings. The zero-order valence-corrected chi connectivity index (χ0v) is 15.2. The fourth-order valence-electron chi connectivity index (χ4n) is 2.11. The van der Waals surface area contributed by atoms with Crippen LogP contribution < -0.4 is 11.4 Å². The first-order valence-electron chi connectivity index (χ1n) is 6.87. The summed E-state index contributed by atoms with van der Waals surface area (Å²) in [5, 5.41) is 0. The van der Waals surface area contributed by atoms with Gasteiger partial charge in [0.25, 0.3) is 0 Å². The number of nitrogens with zero attached hydrogens (tertiary/aromatic N) is 2. The highest BCUT2D eigenvalue weighted by Crippen LogP contribution is 2.55. The Bertz CT molecular complexity index is 676. The van der Waals surface area contributed by atoms with E-state index in [9.17, 15) is 13.8 Å².